The second-order valence-corrected chi connectivity index (χ2v) is 0.289. The molecule has 0 fully saturated rings. The van der Waals surface area contributed by atoms with E-state index in [1.54, 1.807) is 6.92 Å². The van der Waals surface area contributed by atoms with Gasteiger partial charge < -0.3 is 10.2 Å². The van der Waals surface area contributed by atoms with Crippen LogP contribution >= 0.6 is 0 Å². The fourth-order valence-electron chi connectivity index (χ4n) is 0. The maximum Gasteiger partial charge on any atom is 1.00 e. The number of hydrogen-bond acceptors (Lipinski definition) is 2. The first-order chi connectivity index (χ1) is 2.41. The topological polar surface area (TPSA) is 46.1 Å². The summed E-state index contributed by atoms with van der Waals surface area (Å²) in [6.45, 7) is 1.57. The first kappa shape index (κ1) is 23.1. The van der Waals surface area contributed by atoms with Gasteiger partial charge in [-0.2, -0.15) is 7.11 Å². The van der Waals surface area contributed by atoms with E-state index in [0.717, 1.165) is 7.11 Å². The van der Waals surface area contributed by atoms with Crippen molar-refractivity contribution in [2.75, 3.05) is 13.7 Å². The van der Waals surface area contributed by atoms with Gasteiger partial charge in [-0.25, -0.2) is 0 Å². The van der Waals surface area contributed by atoms with Crippen LogP contribution < -0.4 is 69.3 Å². The molecule has 0 aromatic heterocycles. The molecule has 0 N–H and O–H groups in total. The van der Waals surface area contributed by atoms with Crippen LogP contribution in [0.2, 0.25) is 0 Å². The van der Waals surface area contributed by atoms with E-state index in [9.17, 15) is 0 Å². The Kier molecular flexibility index (Phi) is 147. The SMILES string of the molecule is CC[O-].C[O-].[Na+].[Na+]. The Morgan fingerprint density at radius 2 is 1.14 bits per heavy atom. The minimum absolute atomic E-state index is 0. The molecule has 0 amide bonds. The molecule has 0 saturated carbocycles. The van der Waals surface area contributed by atoms with Gasteiger partial charge in [0.2, 0.25) is 0 Å². The molecule has 7 heavy (non-hydrogen) atoms. The van der Waals surface area contributed by atoms with E-state index in [2.05, 4.69) is 0 Å². The van der Waals surface area contributed by atoms with Crippen LogP contribution in [0.3, 0.4) is 0 Å². The Hall–Kier alpha value is 1.92. The molecule has 0 aliphatic heterocycles. The van der Waals surface area contributed by atoms with Gasteiger partial charge in [0, 0.05) is 0 Å². The molecular formula is C3H8Na2O2. The van der Waals surface area contributed by atoms with E-state index in [1.165, 1.54) is 0 Å². The quantitative estimate of drug-likeness (QED) is 0.300. The van der Waals surface area contributed by atoms with Crippen molar-refractivity contribution in [2.45, 2.75) is 6.92 Å². The summed E-state index contributed by atoms with van der Waals surface area (Å²) < 4.78 is 0. The summed E-state index contributed by atoms with van der Waals surface area (Å²) in [4.78, 5) is 0. The summed E-state index contributed by atoms with van der Waals surface area (Å²) in [7, 11) is 0.750. The summed E-state index contributed by atoms with van der Waals surface area (Å²) in [6, 6.07) is 0. The molecule has 0 spiro atoms. The smallest absolute Gasteiger partial charge is 0.857 e. The Labute approximate surface area is 88.9 Å². The van der Waals surface area contributed by atoms with Crippen LogP contribution in [-0.2, 0) is 0 Å². The van der Waals surface area contributed by atoms with E-state index in [0.29, 0.717) is 0 Å². The Morgan fingerprint density at radius 3 is 1.14 bits per heavy atom. The molecule has 4 heteroatoms. The number of hydrogen-bond donors (Lipinski definition) is 0. The van der Waals surface area contributed by atoms with Crippen molar-refractivity contribution in [2.24, 2.45) is 0 Å². The molecule has 0 bridgehead atoms. The molecule has 0 aromatic rings. The normalized spacial score (nSPS) is 3.43. The number of rotatable bonds is 0. The third kappa shape index (κ3) is 75.3. The van der Waals surface area contributed by atoms with Crippen LogP contribution in [0.4, 0.5) is 0 Å². The average molecular weight is 122 g/mol. The fraction of sp³-hybridized carbons (Fsp3) is 1.00. The molecule has 2 nitrogen and oxygen atoms in total. The molecule has 0 aromatic carbocycles. The first-order valence-corrected chi connectivity index (χ1v) is 1.40. The Bertz CT molecular complexity index is 10.9. The van der Waals surface area contributed by atoms with Gasteiger partial charge in [-0.1, -0.05) is 6.92 Å². The van der Waals surface area contributed by atoms with Crippen LogP contribution in [-0.4, -0.2) is 13.7 Å². The van der Waals surface area contributed by atoms with E-state index in [4.69, 9.17) is 10.2 Å². The summed E-state index contributed by atoms with van der Waals surface area (Å²) in [5.74, 6) is 0. The molecule has 0 atom stereocenters. The van der Waals surface area contributed by atoms with Gasteiger partial charge in [-0.05, 0) is 0 Å². The predicted octanol–water partition coefficient (Wildman–Crippen LogP) is -7.65. The fourth-order valence-corrected chi connectivity index (χ4v) is 0. The van der Waals surface area contributed by atoms with Crippen molar-refractivity contribution in [1.29, 1.82) is 0 Å². The second kappa shape index (κ2) is 44.5. The summed E-state index contributed by atoms with van der Waals surface area (Å²) in [6.07, 6.45) is 0. The standard InChI is InChI=1S/C2H5O.CH3O.2Na/c1-2-3;1-2;;/h2H2,1H3;1H3;;/q2*-1;2*+1. The van der Waals surface area contributed by atoms with Gasteiger partial charge in [0.05, 0.1) is 0 Å². The van der Waals surface area contributed by atoms with Gasteiger partial charge in [0.25, 0.3) is 0 Å². The van der Waals surface area contributed by atoms with Crippen LogP contribution in [0.5, 0.6) is 0 Å². The van der Waals surface area contributed by atoms with Crippen molar-refractivity contribution in [3.05, 3.63) is 0 Å². The molecule has 34 valence electrons. The van der Waals surface area contributed by atoms with Crippen LogP contribution in [0.25, 0.3) is 0 Å². The van der Waals surface area contributed by atoms with Crippen molar-refractivity contribution in [3.63, 3.8) is 0 Å². The van der Waals surface area contributed by atoms with Crippen LogP contribution in [0.1, 0.15) is 6.92 Å². The van der Waals surface area contributed by atoms with E-state index < -0.39 is 0 Å². The van der Waals surface area contributed by atoms with Crippen molar-refractivity contribution in [1.82, 2.24) is 0 Å². The minimum Gasteiger partial charge on any atom is -0.857 e. The van der Waals surface area contributed by atoms with Gasteiger partial charge >= 0.3 is 59.1 Å². The molecule has 0 saturated heterocycles. The maximum absolute atomic E-state index is 8.93. The maximum atomic E-state index is 8.93. The summed E-state index contributed by atoms with van der Waals surface area (Å²) >= 11 is 0. The van der Waals surface area contributed by atoms with E-state index in [-0.39, 0.29) is 65.7 Å². The predicted molar refractivity (Wildman–Crippen MR) is 16.5 cm³/mol. The molecule has 0 radical (unpaired) electrons. The van der Waals surface area contributed by atoms with E-state index in [1.807, 2.05) is 0 Å². The molecule has 0 unspecified atom stereocenters. The second-order valence-electron chi connectivity index (χ2n) is 0.289. The van der Waals surface area contributed by atoms with E-state index >= 15 is 0 Å². The van der Waals surface area contributed by atoms with Crippen LogP contribution in [0.15, 0.2) is 0 Å². The van der Waals surface area contributed by atoms with Gasteiger partial charge in [0.1, 0.15) is 0 Å². The summed E-state index contributed by atoms with van der Waals surface area (Å²) in [5.41, 5.74) is 0. The molecular weight excluding hydrogens is 114 g/mol. The third-order valence-electron chi connectivity index (χ3n) is 0. The third-order valence-corrected chi connectivity index (χ3v) is 0. The zero-order chi connectivity index (χ0) is 4.71. The average Bonchev–Trinajstić information content (AvgIpc) is 1.46. The van der Waals surface area contributed by atoms with Crippen molar-refractivity contribution >= 4 is 0 Å². The molecule has 0 aliphatic carbocycles. The molecule has 0 aliphatic rings. The van der Waals surface area contributed by atoms with Crippen molar-refractivity contribution in [3.8, 4) is 0 Å². The Morgan fingerprint density at radius 1 is 1.14 bits per heavy atom. The monoisotopic (exact) mass is 122 g/mol. The van der Waals surface area contributed by atoms with Crippen LogP contribution in [0, 0.1) is 0 Å². The molecule has 0 rings (SSSR count). The first-order valence-electron chi connectivity index (χ1n) is 1.40. The van der Waals surface area contributed by atoms with Crippen molar-refractivity contribution < 1.29 is 69.3 Å². The summed E-state index contributed by atoms with van der Waals surface area (Å²) in [5, 5.41) is 17.2. The zero-order valence-electron chi connectivity index (χ0n) is 5.52. The van der Waals surface area contributed by atoms with Gasteiger partial charge in [-0.15, -0.1) is 6.61 Å². The van der Waals surface area contributed by atoms with Gasteiger partial charge in [0.15, 0.2) is 0 Å². The zero-order valence-corrected chi connectivity index (χ0v) is 9.52. The minimum atomic E-state index is 0. The largest absolute Gasteiger partial charge is 1.00 e. The Balaban J connectivity index is -0.0000000105. The van der Waals surface area contributed by atoms with Gasteiger partial charge in [-0.3, -0.25) is 0 Å². The molecule has 0 heterocycles.